The van der Waals surface area contributed by atoms with Crippen molar-refractivity contribution >= 4 is 37.9 Å². The molecular formula is C21H26N6O2S2. The highest BCUT2D eigenvalue weighted by Crippen LogP contribution is 2.29. The molecule has 3 aromatic rings. The predicted molar refractivity (Wildman–Crippen MR) is 126 cm³/mol. The van der Waals surface area contributed by atoms with Gasteiger partial charge in [0.05, 0.1) is 22.5 Å². The maximum absolute atomic E-state index is 11.7. The maximum Gasteiger partial charge on any atom is 0.184 e. The molecule has 31 heavy (non-hydrogen) atoms. The largest absolute Gasteiger partial charge is 0.349 e. The SMILES string of the molecule is Cc1ccnc(Nc2cccc(-c3cnc(NCN4CCC(S(C)(=O)=O)CC4)s3)n2)c1. The van der Waals surface area contributed by atoms with Crippen molar-refractivity contribution in [1.82, 2.24) is 19.9 Å². The van der Waals surface area contributed by atoms with Crippen molar-refractivity contribution in [1.29, 1.82) is 0 Å². The molecule has 0 aromatic carbocycles. The zero-order chi connectivity index (χ0) is 21.8. The summed E-state index contributed by atoms with van der Waals surface area (Å²) < 4.78 is 23.4. The molecular weight excluding hydrogens is 432 g/mol. The number of rotatable bonds is 7. The summed E-state index contributed by atoms with van der Waals surface area (Å²) in [5.41, 5.74) is 1.98. The number of pyridine rings is 2. The molecule has 0 aliphatic carbocycles. The van der Waals surface area contributed by atoms with E-state index in [4.69, 9.17) is 0 Å². The highest BCUT2D eigenvalue weighted by Gasteiger charge is 2.26. The lowest BCUT2D eigenvalue weighted by molar-refractivity contribution is 0.245. The Labute approximate surface area is 186 Å². The molecule has 0 radical (unpaired) electrons. The number of hydrogen-bond acceptors (Lipinski definition) is 9. The Morgan fingerprint density at radius 2 is 1.97 bits per heavy atom. The van der Waals surface area contributed by atoms with Crippen molar-refractivity contribution in [3.05, 3.63) is 48.3 Å². The van der Waals surface area contributed by atoms with Gasteiger partial charge in [-0.05, 0) is 49.6 Å². The second-order valence-electron chi connectivity index (χ2n) is 7.76. The van der Waals surface area contributed by atoms with Gasteiger partial charge >= 0.3 is 0 Å². The van der Waals surface area contributed by atoms with Gasteiger partial charge in [-0.2, -0.15) is 0 Å². The van der Waals surface area contributed by atoms with E-state index >= 15 is 0 Å². The highest BCUT2D eigenvalue weighted by molar-refractivity contribution is 7.91. The first-order chi connectivity index (χ1) is 14.9. The smallest absolute Gasteiger partial charge is 0.184 e. The van der Waals surface area contributed by atoms with Crippen LogP contribution in [0.5, 0.6) is 0 Å². The van der Waals surface area contributed by atoms with Gasteiger partial charge in [-0.1, -0.05) is 17.4 Å². The third-order valence-electron chi connectivity index (χ3n) is 5.27. The molecule has 3 aromatic heterocycles. The van der Waals surface area contributed by atoms with Crippen LogP contribution < -0.4 is 10.6 Å². The van der Waals surface area contributed by atoms with E-state index in [-0.39, 0.29) is 5.25 Å². The van der Waals surface area contributed by atoms with E-state index in [2.05, 4.69) is 30.5 Å². The van der Waals surface area contributed by atoms with Gasteiger partial charge in [0.15, 0.2) is 5.13 Å². The Balaban J connectivity index is 1.35. The zero-order valence-corrected chi connectivity index (χ0v) is 19.2. The van der Waals surface area contributed by atoms with Crippen molar-refractivity contribution in [3.63, 3.8) is 0 Å². The lowest BCUT2D eigenvalue weighted by Crippen LogP contribution is -2.41. The summed E-state index contributed by atoms with van der Waals surface area (Å²) in [7, 11) is -2.94. The molecule has 164 valence electrons. The van der Waals surface area contributed by atoms with Crippen LogP contribution in [0.15, 0.2) is 42.7 Å². The summed E-state index contributed by atoms with van der Waals surface area (Å²) in [6.07, 6.45) is 6.29. The lowest BCUT2D eigenvalue weighted by atomic mass is 10.1. The van der Waals surface area contributed by atoms with E-state index < -0.39 is 9.84 Å². The molecule has 1 fully saturated rings. The van der Waals surface area contributed by atoms with Crippen molar-refractivity contribution in [2.24, 2.45) is 0 Å². The fourth-order valence-electron chi connectivity index (χ4n) is 3.53. The quantitative estimate of drug-likeness (QED) is 0.555. The number of sulfone groups is 1. The molecule has 8 nitrogen and oxygen atoms in total. The van der Waals surface area contributed by atoms with Crippen LogP contribution in [0.3, 0.4) is 0 Å². The monoisotopic (exact) mass is 458 g/mol. The Morgan fingerprint density at radius 1 is 1.16 bits per heavy atom. The molecule has 0 amide bonds. The van der Waals surface area contributed by atoms with Gasteiger partial charge in [-0.15, -0.1) is 0 Å². The van der Waals surface area contributed by atoms with Crippen LogP contribution in [0, 0.1) is 6.92 Å². The standard InChI is InChI=1S/C21H26N6O2S2/c1-15-6-9-22-20(12-15)26-19-5-3-4-17(25-19)18-13-23-21(30-18)24-14-27-10-7-16(8-11-27)31(2,28)29/h3-6,9,12-13,16H,7-8,10-11,14H2,1-2H3,(H,23,24)(H,22,25,26). The van der Waals surface area contributed by atoms with E-state index in [9.17, 15) is 8.42 Å². The Hall–Kier alpha value is -2.56. The Bertz CT molecular complexity index is 1140. The van der Waals surface area contributed by atoms with Crippen molar-refractivity contribution in [2.75, 3.05) is 36.6 Å². The van der Waals surface area contributed by atoms with E-state index in [0.717, 1.165) is 46.0 Å². The van der Waals surface area contributed by atoms with Gasteiger partial charge in [0.25, 0.3) is 0 Å². The molecule has 1 aliphatic rings. The van der Waals surface area contributed by atoms with Gasteiger partial charge in [-0.25, -0.2) is 23.4 Å². The number of piperidine rings is 1. The van der Waals surface area contributed by atoms with E-state index in [1.807, 2.05) is 43.5 Å². The molecule has 0 spiro atoms. The first kappa shape index (κ1) is 21.7. The van der Waals surface area contributed by atoms with Crippen LogP contribution in [0.4, 0.5) is 16.8 Å². The number of aromatic nitrogens is 3. The second-order valence-corrected chi connectivity index (χ2v) is 11.1. The number of nitrogens with one attached hydrogen (secondary N) is 2. The van der Waals surface area contributed by atoms with Gasteiger partial charge in [0, 0.05) is 31.7 Å². The minimum atomic E-state index is -2.94. The minimum Gasteiger partial charge on any atom is -0.349 e. The fraction of sp³-hybridized carbons (Fsp3) is 0.381. The summed E-state index contributed by atoms with van der Waals surface area (Å²) in [5.74, 6) is 1.49. The predicted octanol–water partition coefficient (Wildman–Crippen LogP) is 3.53. The van der Waals surface area contributed by atoms with Crippen LogP contribution >= 0.6 is 11.3 Å². The van der Waals surface area contributed by atoms with Crippen LogP contribution in [-0.2, 0) is 9.84 Å². The van der Waals surface area contributed by atoms with E-state index in [1.54, 1.807) is 17.5 Å². The number of anilines is 3. The number of hydrogen-bond donors (Lipinski definition) is 2. The summed E-state index contributed by atoms with van der Waals surface area (Å²) in [5, 5.41) is 7.20. The molecule has 0 atom stereocenters. The van der Waals surface area contributed by atoms with Crippen molar-refractivity contribution in [3.8, 4) is 10.6 Å². The topological polar surface area (TPSA) is 100 Å². The molecule has 10 heteroatoms. The molecule has 4 heterocycles. The first-order valence-corrected chi connectivity index (χ1v) is 12.9. The molecule has 4 rings (SSSR count). The molecule has 2 N–H and O–H groups in total. The average molecular weight is 459 g/mol. The summed E-state index contributed by atoms with van der Waals surface area (Å²) >= 11 is 1.55. The number of nitrogens with zero attached hydrogens (tertiary/aromatic N) is 4. The van der Waals surface area contributed by atoms with Gasteiger partial charge in [0.1, 0.15) is 21.5 Å². The summed E-state index contributed by atoms with van der Waals surface area (Å²) in [4.78, 5) is 16.7. The first-order valence-electron chi connectivity index (χ1n) is 10.1. The number of likely N-dealkylation sites (tertiary alicyclic amines) is 1. The van der Waals surface area contributed by atoms with Crippen molar-refractivity contribution < 1.29 is 8.42 Å². The Morgan fingerprint density at radius 3 is 2.71 bits per heavy atom. The molecule has 0 bridgehead atoms. The van der Waals surface area contributed by atoms with Crippen LogP contribution in [0.2, 0.25) is 0 Å². The normalized spacial score (nSPS) is 15.7. The van der Waals surface area contributed by atoms with Gasteiger partial charge in [-0.3, -0.25) is 4.90 Å². The van der Waals surface area contributed by atoms with Crippen LogP contribution in [0.25, 0.3) is 10.6 Å². The number of thiazole rings is 1. The van der Waals surface area contributed by atoms with E-state index in [0.29, 0.717) is 19.5 Å². The van der Waals surface area contributed by atoms with Crippen LogP contribution in [0.1, 0.15) is 18.4 Å². The fourth-order valence-corrected chi connectivity index (χ4v) is 5.37. The number of aryl methyl sites for hydroxylation is 1. The Kier molecular flexibility index (Phi) is 6.49. The van der Waals surface area contributed by atoms with Crippen molar-refractivity contribution in [2.45, 2.75) is 25.0 Å². The molecule has 0 saturated carbocycles. The van der Waals surface area contributed by atoms with E-state index in [1.165, 1.54) is 6.26 Å². The maximum atomic E-state index is 11.7. The lowest BCUT2D eigenvalue weighted by Gasteiger charge is -2.30. The summed E-state index contributed by atoms with van der Waals surface area (Å²) in [6, 6.07) is 9.76. The molecule has 1 aliphatic heterocycles. The molecule has 0 unspecified atom stereocenters. The van der Waals surface area contributed by atoms with Crippen LogP contribution in [-0.4, -0.2) is 59.5 Å². The molecule has 1 saturated heterocycles. The average Bonchev–Trinajstić information content (AvgIpc) is 3.21. The van der Waals surface area contributed by atoms with Gasteiger partial charge < -0.3 is 10.6 Å². The second kappa shape index (κ2) is 9.29. The third kappa shape index (κ3) is 5.78. The summed E-state index contributed by atoms with van der Waals surface area (Å²) in [6.45, 7) is 4.21. The highest BCUT2D eigenvalue weighted by atomic mass is 32.2. The third-order valence-corrected chi connectivity index (χ3v) is 7.93. The zero-order valence-electron chi connectivity index (χ0n) is 17.6. The van der Waals surface area contributed by atoms with Gasteiger partial charge in [0.2, 0.25) is 0 Å². The minimum absolute atomic E-state index is 0.211.